The Hall–Kier alpha value is -0.870. The van der Waals surface area contributed by atoms with Crippen molar-refractivity contribution < 1.29 is 8.81 Å². The number of fused-ring (bicyclic) bond motifs is 1. The number of hydrogen-bond donors (Lipinski definition) is 1. The van der Waals surface area contributed by atoms with Crippen LogP contribution in [0.1, 0.15) is 44.4 Å². The Morgan fingerprint density at radius 2 is 2.11 bits per heavy atom. The molecule has 104 valence electrons. The highest BCUT2D eigenvalue weighted by Crippen LogP contribution is 2.35. The van der Waals surface area contributed by atoms with E-state index in [4.69, 9.17) is 4.42 Å². The van der Waals surface area contributed by atoms with Gasteiger partial charge in [0.05, 0.1) is 6.54 Å². The first-order valence-corrected chi connectivity index (χ1v) is 7.45. The minimum absolute atomic E-state index is 0.299. The first-order valence-electron chi connectivity index (χ1n) is 6.65. The largest absolute Gasteiger partial charge is 0.456 e. The summed E-state index contributed by atoms with van der Waals surface area (Å²) in [6, 6.07) is 3.37. The molecule has 0 aliphatic carbocycles. The van der Waals surface area contributed by atoms with Crippen LogP contribution >= 0.6 is 15.9 Å². The molecule has 1 N–H and O–H groups in total. The molecule has 0 radical (unpaired) electrons. The van der Waals surface area contributed by atoms with Gasteiger partial charge in [0.2, 0.25) is 0 Å². The Morgan fingerprint density at radius 1 is 1.37 bits per heavy atom. The van der Waals surface area contributed by atoms with Gasteiger partial charge in [0.15, 0.2) is 11.4 Å². The molecule has 0 amide bonds. The van der Waals surface area contributed by atoms with Crippen molar-refractivity contribution in [2.45, 2.75) is 39.7 Å². The summed E-state index contributed by atoms with van der Waals surface area (Å²) in [7, 11) is 0. The quantitative estimate of drug-likeness (QED) is 0.785. The van der Waals surface area contributed by atoms with Gasteiger partial charge in [-0.1, -0.05) is 36.7 Å². The summed E-state index contributed by atoms with van der Waals surface area (Å²) in [5.41, 5.74) is 1.46. The first kappa shape index (κ1) is 14.5. The molecule has 1 heterocycles. The summed E-state index contributed by atoms with van der Waals surface area (Å²) in [5, 5.41) is 4.18. The van der Waals surface area contributed by atoms with E-state index in [9.17, 15) is 4.39 Å². The molecule has 0 aliphatic heterocycles. The lowest BCUT2D eigenvalue weighted by Gasteiger charge is -2.07. The number of halogens is 2. The van der Waals surface area contributed by atoms with Crippen LogP contribution in [-0.2, 0) is 6.54 Å². The molecular formula is C15H19BrFNO. The van der Waals surface area contributed by atoms with Gasteiger partial charge in [-0.05, 0) is 31.0 Å². The molecule has 0 spiro atoms. The van der Waals surface area contributed by atoms with Gasteiger partial charge >= 0.3 is 0 Å². The van der Waals surface area contributed by atoms with E-state index >= 15 is 0 Å². The molecule has 2 rings (SSSR count). The third-order valence-electron chi connectivity index (χ3n) is 3.11. The number of hydrogen-bond acceptors (Lipinski definition) is 2. The van der Waals surface area contributed by atoms with Crippen LogP contribution in [0.3, 0.4) is 0 Å². The Labute approximate surface area is 121 Å². The van der Waals surface area contributed by atoms with Crippen LogP contribution in [-0.4, -0.2) is 6.54 Å². The van der Waals surface area contributed by atoms with Gasteiger partial charge in [-0.15, -0.1) is 0 Å². The van der Waals surface area contributed by atoms with Crippen LogP contribution in [0.25, 0.3) is 11.0 Å². The van der Waals surface area contributed by atoms with Crippen molar-refractivity contribution in [3.05, 3.63) is 33.7 Å². The molecule has 0 fully saturated rings. The average Bonchev–Trinajstić information content (AvgIpc) is 2.68. The van der Waals surface area contributed by atoms with Crippen LogP contribution in [0.4, 0.5) is 4.39 Å². The van der Waals surface area contributed by atoms with Gasteiger partial charge in [-0.3, -0.25) is 0 Å². The molecule has 2 nitrogen and oxygen atoms in total. The molecule has 2 aromatic rings. The van der Waals surface area contributed by atoms with Crippen molar-refractivity contribution in [3.63, 3.8) is 0 Å². The van der Waals surface area contributed by atoms with Gasteiger partial charge < -0.3 is 9.73 Å². The van der Waals surface area contributed by atoms with Gasteiger partial charge in [0.25, 0.3) is 0 Å². The van der Waals surface area contributed by atoms with Crippen molar-refractivity contribution in [1.29, 1.82) is 0 Å². The van der Waals surface area contributed by atoms with E-state index in [0.717, 1.165) is 34.1 Å². The highest BCUT2D eigenvalue weighted by atomic mass is 79.9. The Balaban J connectivity index is 2.51. The third kappa shape index (κ3) is 3.00. The Kier molecular flexibility index (Phi) is 4.63. The molecule has 4 heteroatoms. The van der Waals surface area contributed by atoms with Crippen molar-refractivity contribution in [1.82, 2.24) is 5.32 Å². The van der Waals surface area contributed by atoms with Gasteiger partial charge in [-0.25, -0.2) is 4.39 Å². The smallest absolute Gasteiger partial charge is 0.170 e. The standard InChI is InChI=1S/C15H19BrFNO/c1-4-5-18-8-13-14(9(2)3)11-6-10(16)7-12(17)15(11)19-13/h6-7,9,18H,4-5,8H2,1-3H3. The summed E-state index contributed by atoms with van der Waals surface area (Å²) in [4.78, 5) is 0. The van der Waals surface area contributed by atoms with E-state index in [0.29, 0.717) is 18.0 Å². The van der Waals surface area contributed by atoms with Crippen LogP contribution in [0.5, 0.6) is 0 Å². The predicted octanol–water partition coefficient (Wildman–Crippen LogP) is 4.96. The second kappa shape index (κ2) is 6.06. The Bertz CT molecular complexity index is 577. The summed E-state index contributed by atoms with van der Waals surface area (Å²) in [6.07, 6.45) is 1.07. The van der Waals surface area contributed by atoms with E-state index < -0.39 is 0 Å². The van der Waals surface area contributed by atoms with Gasteiger partial charge in [-0.2, -0.15) is 0 Å². The fourth-order valence-electron chi connectivity index (χ4n) is 2.34. The minimum Gasteiger partial charge on any atom is -0.456 e. The lowest BCUT2D eigenvalue weighted by atomic mass is 9.99. The molecule has 0 aliphatic rings. The number of benzene rings is 1. The summed E-state index contributed by atoms with van der Waals surface area (Å²) in [6.45, 7) is 7.90. The van der Waals surface area contributed by atoms with Gasteiger partial charge in [0.1, 0.15) is 5.76 Å². The van der Waals surface area contributed by atoms with Crippen molar-refractivity contribution in [2.24, 2.45) is 0 Å². The van der Waals surface area contributed by atoms with Gasteiger partial charge in [0, 0.05) is 15.4 Å². The molecule has 0 atom stereocenters. The molecule has 0 bridgehead atoms. The van der Waals surface area contributed by atoms with E-state index in [1.807, 2.05) is 6.07 Å². The summed E-state index contributed by atoms with van der Waals surface area (Å²) < 4.78 is 20.4. The zero-order chi connectivity index (χ0) is 14.0. The first-order chi connectivity index (χ1) is 9.04. The summed E-state index contributed by atoms with van der Waals surface area (Å²) in [5.74, 6) is 0.830. The SMILES string of the molecule is CCCNCc1oc2c(F)cc(Br)cc2c1C(C)C. The fraction of sp³-hybridized carbons (Fsp3) is 0.467. The monoisotopic (exact) mass is 327 g/mol. The average molecular weight is 328 g/mol. The van der Waals surface area contributed by atoms with Crippen LogP contribution in [0.2, 0.25) is 0 Å². The lowest BCUT2D eigenvalue weighted by Crippen LogP contribution is -2.14. The molecule has 0 saturated heterocycles. The van der Waals surface area contributed by atoms with Crippen LogP contribution in [0.15, 0.2) is 21.0 Å². The topological polar surface area (TPSA) is 25.2 Å². The Morgan fingerprint density at radius 3 is 2.74 bits per heavy atom. The zero-order valence-electron chi connectivity index (χ0n) is 11.5. The second-order valence-corrected chi connectivity index (χ2v) is 5.95. The molecular weight excluding hydrogens is 309 g/mol. The second-order valence-electron chi connectivity index (χ2n) is 5.03. The highest BCUT2D eigenvalue weighted by molar-refractivity contribution is 9.10. The number of furan rings is 1. The van der Waals surface area contributed by atoms with E-state index in [1.165, 1.54) is 6.07 Å². The number of nitrogens with one attached hydrogen (secondary N) is 1. The minimum atomic E-state index is -0.312. The maximum Gasteiger partial charge on any atom is 0.170 e. The molecule has 19 heavy (non-hydrogen) atoms. The normalized spacial score (nSPS) is 11.7. The zero-order valence-corrected chi connectivity index (χ0v) is 13.1. The van der Waals surface area contributed by atoms with E-state index in [2.05, 4.69) is 42.0 Å². The highest BCUT2D eigenvalue weighted by Gasteiger charge is 2.19. The van der Waals surface area contributed by atoms with E-state index in [-0.39, 0.29) is 5.82 Å². The fourth-order valence-corrected chi connectivity index (χ4v) is 2.77. The number of rotatable bonds is 5. The molecule has 1 aromatic carbocycles. The maximum atomic E-state index is 13.9. The van der Waals surface area contributed by atoms with Crippen LogP contribution in [0, 0.1) is 5.82 Å². The molecule has 1 aromatic heterocycles. The third-order valence-corrected chi connectivity index (χ3v) is 3.57. The molecule has 0 unspecified atom stereocenters. The van der Waals surface area contributed by atoms with Crippen molar-refractivity contribution in [3.8, 4) is 0 Å². The van der Waals surface area contributed by atoms with Crippen LogP contribution < -0.4 is 5.32 Å². The van der Waals surface area contributed by atoms with Crippen molar-refractivity contribution >= 4 is 26.9 Å². The molecule has 0 saturated carbocycles. The summed E-state index contributed by atoms with van der Waals surface area (Å²) >= 11 is 3.34. The van der Waals surface area contributed by atoms with E-state index in [1.54, 1.807) is 0 Å². The van der Waals surface area contributed by atoms with Crippen molar-refractivity contribution in [2.75, 3.05) is 6.54 Å². The lowest BCUT2D eigenvalue weighted by molar-refractivity contribution is 0.487. The predicted molar refractivity (Wildman–Crippen MR) is 80.0 cm³/mol. The maximum absolute atomic E-state index is 13.9.